The SMILES string of the molecule is c1nc(NCCC2CCNC2)c2sccc2n1. The van der Waals surface area contributed by atoms with Crippen molar-refractivity contribution >= 4 is 27.4 Å². The summed E-state index contributed by atoms with van der Waals surface area (Å²) in [4.78, 5) is 8.55. The Hall–Kier alpha value is -1.20. The number of nitrogens with one attached hydrogen (secondary N) is 2. The zero-order valence-electron chi connectivity index (χ0n) is 9.65. The van der Waals surface area contributed by atoms with Crippen LogP contribution in [0.25, 0.3) is 10.2 Å². The second-order valence-corrected chi connectivity index (χ2v) is 5.35. The van der Waals surface area contributed by atoms with Crippen molar-refractivity contribution in [2.24, 2.45) is 5.92 Å². The van der Waals surface area contributed by atoms with Gasteiger partial charge in [0.15, 0.2) is 0 Å². The highest BCUT2D eigenvalue weighted by atomic mass is 32.1. The average Bonchev–Trinajstić information content (AvgIpc) is 2.99. The van der Waals surface area contributed by atoms with Crippen LogP contribution in [0.1, 0.15) is 12.8 Å². The first-order valence-corrected chi connectivity index (χ1v) is 6.94. The summed E-state index contributed by atoms with van der Waals surface area (Å²) in [6.07, 6.45) is 4.15. The molecular formula is C12H16N4S. The van der Waals surface area contributed by atoms with Crippen LogP contribution in [0.5, 0.6) is 0 Å². The van der Waals surface area contributed by atoms with Gasteiger partial charge in [-0.15, -0.1) is 11.3 Å². The number of nitrogens with zero attached hydrogens (tertiary/aromatic N) is 2. The Balaban J connectivity index is 1.62. The van der Waals surface area contributed by atoms with Gasteiger partial charge < -0.3 is 10.6 Å². The predicted octanol–water partition coefficient (Wildman–Crippen LogP) is 2.10. The lowest BCUT2D eigenvalue weighted by atomic mass is 10.1. The fraction of sp³-hybridized carbons (Fsp3) is 0.500. The summed E-state index contributed by atoms with van der Waals surface area (Å²) >= 11 is 1.70. The molecule has 0 saturated carbocycles. The zero-order chi connectivity index (χ0) is 11.5. The van der Waals surface area contributed by atoms with E-state index < -0.39 is 0 Å². The third kappa shape index (κ3) is 2.40. The molecule has 1 fully saturated rings. The van der Waals surface area contributed by atoms with E-state index in [9.17, 15) is 0 Å². The van der Waals surface area contributed by atoms with Gasteiger partial charge in [-0.1, -0.05) is 0 Å². The predicted molar refractivity (Wildman–Crippen MR) is 71.5 cm³/mol. The lowest BCUT2D eigenvalue weighted by molar-refractivity contribution is 0.549. The van der Waals surface area contributed by atoms with Crippen molar-refractivity contribution in [1.29, 1.82) is 0 Å². The van der Waals surface area contributed by atoms with Crippen molar-refractivity contribution in [3.63, 3.8) is 0 Å². The summed E-state index contributed by atoms with van der Waals surface area (Å²) in [5, 5.41) is 8.89. The van der Waals surface area contributed by atoms with Crippen LogP contribution >= 0.6 is 11.3 Å². The Bertz CT molecular complexity index is 490. The highest BCUT2D eigenvalue weighted by Gasteiger charge is 2.13. The van der Waals surface area contributed by atoms with Crippen LogP contribution in [-0.2, 0) is 0 Å². The van der Waals surface area contributed by atoms with Crippen LogP contribution in [0.3, 0.4) is 0 Å². The third-order valence-corrected chi connectivity index (χ3v) is 4.16. The van der Waals surface area contributed by atoms with E-state index in [4.69, 9.17) is 0 Å². The van der Waals surface area contributed by atoms with E-state index in [2.05, 4.69) is 26.0 Å². The molecule has 1 atom stereocenters. The fourth-order valence-electron chi connectivity index (χ4n) is 2.27. The Kier molecular flexibility index (Phi) is 3.20. The van der Waals surface area contributed by atoms with Crippen LogP contribution in [0.15, 0.2) is 17.8 Å². The standard InChI is InChI=1S/C12H16N4S/c1-4-13-7-9(1)2-5-14-12-11-10(3-6-17-11)15-8-16-12/h3,6,8-9,13H,1-2,4-5,7H2,(H,14,15,16). The van der Waals surface area contributed by atoms with Crippen molar-refractivity contribution in [3.05, 3.63) is 17.8 Å². The maximum Gasteiger partial charge on any atom is 0.147 e. The largest absolute Gasteiger partial charge is 0.369 e. The van der Waals surface area contributed by atoms with Gasteiger partial charge in [-0.25, -0.2) is 9.97 Å². The van der Waals surface area contributed by atoms with Crippen LogP contribution in [0.4, 0.5) is 5.82 Å². The molecule has 1 saturated heterocycles. The summed E-state index contributed by atoms with van der Waals surface area (Å²) < 4.78 is 1.16. The van der Waals surface area contributed by atoms with E-state index in [1.165, 1.54) is 25.9 Å². The summed E-state index contributed by atoms with van der Waals surface area (Å²) in [5.74, 6) is 1.80. The smallest absolute Gasteiger partial charge is 0.147 e. The minimum atomic E-state index is 0.822. The molecule has 1 unspecified atom stereocenters. The van der Waals surface area contributed by atoms with Crippen molar-refractivity contribution in [2.75, 3.05) is 25.0 Å². The number of aromatic nitrogens is 2. The lowest BCUT2D eigenvalue weighted by Gasteiger charge is -2.09. The molecule has 0 aromatic carbocycles. The van der Waals surface area contributed by atoms with Gasteiger partial charge in [0.25, 0.3) is 0 Å². The molecule has 17 heavy (non-hydrogen) atoms. The summed E-state index contributed by atoms with van der Waals surface area (Å²) in [6.45, 7) is 3.34. The zero-order valence-corrected chi connectivity index (χ0v) is 10.5. The molecule has 2 aromatic heterocycles. The molecule has 2 N–H and O–H groups in total. The van der Waals surface area contributed by atoms with Gasteiger partial charge in [-0.2, -0.15) is 0 Å². The van der Waals surface area contributed by atoms with E-state index in [1.54, 1.807) is 17.7 Å². The minimum absolute atomic E-state index is 0.822. The monoisotopic (exact) mass is 248 g/mol. The van der Waals surface area contributed by atoms with E-state index in [-0.39, 0.29) is 0 Å². The molecule has 3 heterocycles. The van der Waals surface area contributed by atoms with Gasteiger partial charge in [0.05, 0.1) is 10.2 Å². The maximum absolute atomic E-state index is 4.32. The third-order valence-electron chi connectivity index (χ3n) is 3.25. The molecule has 1 aliphatic heterocycles. The van der Waals surface area contributed by atoms with Crippen LogP contribution in [0, 0.1) is 5.92 Å². The lowest BCUT2D eigenvalue weighted by Crippen LogP contribution is -2.13. The first-order chi connectivity index (χ1) is 8.43. The minimum Gasteiger partial charge on any atom is -0.369 e. The Morgan fingerprint density at radius 1 is 1.47 bits per heavy atom. The Morgan fingerprint density at radius 3 is 3.35 bits per heavy atom. The Morgan fingerprint density at radius 2 is 2.47 bits per heavy atom. The van der Waals surface area contributed by atoms with Gasteiger partial charge in [0, 0.05) is 6.54 Å². The first-order valence-electron chi connectivity index (χ1n) is 6.06. The van der Waals surface area contributed by atoms with Crippen molar-refractivity contribution in [2.45, 2.75) is 12.8 Å². The second kappa shape index (κ2) is 4.98. The summed E-state index contributed by atoms with van der Waals surface area (Å²) in [7, 11) is 0. The number of thiophene rings is 1. The molecule has 0 radical (unpaired) electrons. The first kappa shape index (κ1) is 10.9. The number of rotatable bonds is 4. The van der Waals surface area contributed by atoms with Crippen molar-refractivity contribution < 1.29 is 0 Å². The maximum atomic E-state index is 4.32. The highest BCUT2D eigenvalue weighted by Crippen LogP contribution is 2.24. The molecule has 90 valence electrons. The fourth-order valence-corrected chi connectivity index (χ4v) is 3.08. The molecule has 0 aliphatic carbocycles. The van der Waals surface area contributed by atoms with Gasteiger partial charge in [0.2, 0.25) is 0 Å². The van der Waals surface area contributed by atoms with E-state index >= 15 is 0 Å². The van der Waals surface area contributed by atoms with Crippen molar-refractivity contribution in [1.82, 2.24) is 15.3 Å². The van der Waals surface area contributed by atoms with Gasteiger partial charge in [0.1, 0.15) is 12.1 Å². The number of hydrogen-bond donors (Lipinski definition) is 2. The highest BCUT2D eigenvalue weighted by molar-refractivity contribution is 7.17. The summed E-state index contributed by atoms with van der Waals surface area (Å²) in [6, 6.07) is 2.04. The molecule has 2 aromatic rings. The topological polar surface area (TPSA) is 49.8 Å². The van der Waals surface area contributed by atoms with Gasteiger partial charge in [-0.3, -0.25) is 0 Å². The van der Waals surface area contributed by atoms with Crippen molar-refractivity contribution in [3.8, 4) is 0 Å². The molecule has 0 amide bonds. The van der Waals surface area contributed by atoms with Crippen LogP contribution in [0.2, 0.25) is 0 Å². The quantitative estimate of drug-likeness (QED) is 0.870. The molecule has 4 nitrogen and oxygen atoms in total. The molecule has 3 rings (SSSR count). The number of hydrogen-bond acceptors (Lipinski definition) is 5. The van der Waals surface area contributed by atoms with E-state index in [0.717, 1.165) is 28.5 Å². The van der Waals surface area contributed by atoms with E-state index in [0.29, 0.717) is 0 Å². The molecule has 1 aliphatic rings. The molecule has 0 spiro atoms. The molecular weight excluding hydrogens is 232 g/mol. The van der Waals surface area contributed by atoms with Gasteiger partial charge >= 0.3 is 0 Å². The average molecular weight is 248 g/mol. The number of anilines is 1. The van der Waals surface area contributed by atoms with E-state index in [1.807, 2.05) is 6.07 Å². The Labute approximate surface area is 104 Å². The van der Waals surface area contributed by atoms with Gasteiger partial charge in [-0.05, 0) is 43.3 Å². The summed E-state index contributed by atoms with van der Waals surface area (Å²) in [5.41, 5.74) is 1.04. The van der Waals surface area contributed by atoms with Crippen LogP contribution in [-0.4, -0.2) is 29.6 Å². The normalized spacial score (nSPS) is 19.9. The molecule has 0 bridgehead atoms. The number of fused-ring (bicyclic) bond motifs is 1. The molecule has 5 heteroatoms. The van der Waals surface area contributed by atoms with Crippen LogP contribution < -0.4 is 10.6 Å². The second-order valence-electron chi connectivity index (χ2n) is 4.43.